The molecule has 2 atom stereocenters. The van der Waals surface area contributed by atoms with Crippen molar-refractivity contribution in [3.63, 3.8) is 0 Å². The summed E-state index contributed by atoms with van der Waals surface area (Å²) in [6.07, 6.45) is 4.87. The molecule has 0 aliphatic heterocycles. The molecule has 0 radical (unpaired) electrons. The summed E-state index contributed by atoms with van der Waals surface area (Å²) in [5.74, 6) is -1.54. The van der Waals surface area contributed by atoms with Crippen molar-refractivity contribution >= 4 is 22.5 Å². The van der Waals surface area contributed by atoms with Gasteiger partial charge >= 0.3 is 0 Å². The fourth-order valence-corrected chi connectivity index (χ4v) is 3.43. The molecule has 0 unspecified atom stereocenters. The molecule has 4 aromatic rings. The van der Waals surface area contributed by atoms with Crippen LogP contribution in [0.25, 0.3) is 10.9 Å². The van der Waals surface area contributed by atoms with E-state index in [1.807, 2.05) is 25.3 Å². The van der Waals surface area contributed by atoms with Crippen molar-refractivity contribution in [2.75, 3.05) is 0 Å². The molecule has 2 heterocycles. The monoisotopic (exact) mass is 387 g/mol. The van der Waals surface area contributed by atoms with E-state index in [0.717, 1.165) is 17.0 Å². The Labute approximate surface area is 159 Å². The summed E-state index contributed by atoms with van der Waals surface area (Å²) in [4.78, 5) is 3.94. The van der Waals surface area contributed by atoms with E-state index < -0.39 is 11.6 Å². The Morgan fingerprint density at radius 3 is 2.74 bits per heavy atom. The third kappa shape index (κ3) is 3.55. The van der Waals surface area contributed by atoms with Gasteiger partial charge in [-0.25, -0.2) is 13.8 Å². The van der Waals surface area contributed by atoms with Gasteiger partial charge in [-0.15, -0.1) is 0 Å². The smallest absolute Gasteiger partial charge is 0.137 e. The lowest BCUT2D eigenvalue weighted by Crippen LogP contribution is -2.22. The van der Waals surface area contributed by atoms with Crippen molar-refractivity contribution in [3.05, 3.63) is 77.5 Å². The zero-order chi connectivity index (χ0) is 19.0. The summed E-state index contributed by atoms with van der Waals surface area (Å²) in [6, 6.07) is 8.86. The highest BCUT2D eigenvalue weighted by atomic mass is 35.5. The molecular formula is C19H16ClF2N5. The van der Waals surface area contributed by atoms with Gasteiger partial charge in [-0.1, -0.05) is 17.7 Å². The van der Waals surface area contributed by atoms with Crippen LogP contribution >= 0.6 is 11.6 Å². The first-order valence-corrected chi connectivity index (χ1v) is 8.81. The van der Waals surface area contributed by atoms with Crippen LogP contribution in [0.15, 0.2) is 55.2 Å². The molecule has 138 valence electrons. The molecule has 0 aliphatic carbocycles. The molecule has 8 heteroatoms. The zero-order valence-corrected chi connectivity index (χ0v) is 15.2. The molecule has 27 heavy (non-hydrogen) atoms. The maximum Gasteiger partial charge on any atom is 0.137 e. The number of rotatable bonds is 5. The van der Waals surface area contributed by atoms with Crippen molar-refractivity contribution < 1.29 is 8.78 Å². The molecule has 0 saturated heterocycles. The van der Waals surface area contributed by atoms with Crippen molar-refractivity contribution in [2.45, 2.75) is 25.4 Å². The van der Waals surface area contributed by atoms with Crippen LogP contribution in [-0.2, 0) is 6.54 Å². The predicted molar refractivity (Wildman–Crippen MR) is 98.6 cm³/mol. The third-order valence-electron chi connectivity index (χ3n) is 4.70. The maximum absolute atomic E-state index is 14.5. The molecule has 0 bridgehead atoms. The van der Waals surface area contributed by atoms with E-state index in [0.29, 0.717) is 17.1 Å². The number of hydrogen-bond donors (Lipinski definition) is 0. The van der Waals surface area contributed by atoms with E-state index in [2.05, 4.69) is 15.2 Å². The summed E-state index contributed by atoms with van der Waals surface area (Å²) >= 11 is 6.06. The Kier molecular flexibility index (Phi) is 4.61. The van der Waals surface area contributed by atoms with E-state index in [1.54, 1.807) is 21.8 Å². The van der Waals surface area contributed by atoms with Gasteiger partial charge < -0.3 is 0 Å². The van der Waals surface area contributed by atoms with Gasteiger partial charge in [0.1, 0.15) is 24.3 Å². The van der Waals surface area contributed by atoms with Crippen LogP contribution in [-0.4, -0.2) is 24.5 Å². The minimum Gasteiger partial charge on any atom is -0.268 e. The Hall–Kier alpha value is -2.80. The number of fused-ring (bicyclic) bond motifs is 1. The van der Waals surface area contributed by atoms with Crippen LogP contribution in [0.2, 0.25) is 5.02 Å². The molecule has 0 saturated carbocycles. The Morgan fingerprint density at radius 2 is 2.00 bits per heavy atom. The van der Waals surface area contributed by atoms with Crippen LogP contribution in [0.1, 0.15) is 24.4 Å². The summed E-state index contributed by atoms with van der Waals surface area (Å²) in [7, 11) is 0. The quantitative estimate of drug-likeness (QED) is 0.502. The van der Waals surface area contributed by atoms with Crippen LogP contribution < -0.4 is 0 Å². The first kappa shape index (κ1) is 17.6. The van der Waals surface area contributed by atoms with Gasteiger partial charge in [0.2, 0.25) is 0 Å². The summed E-state index contributed by atoms with van der Waals surface area (Å²) < 4.78 is 31.3. The fourth-order valence-electron chi connectivity index (χ4n) is 3.25. The molecule has 0 amide bonds. The average Bonchev–Trinajstić information content (AvgIpc) is 3.28. The van der Waals surface area contributed by atoms with E-state index in [9.17, 15) is 8.78 Å². The maximum atomic E-state index is 14.5. The lowest BCUT2D eigenvalue weighted by Gasteiger charge is -2.25. The molecule has 0 N–H and O–H groups in total. The molecular weight excluding hydrogens is 372 g/mol. The highest BCUT2D eigenvalue weighted by Crippen LogP contribution is 2.33. The molecule has 0 spiro atoms. The van der Waals surface area contributed by atoms with E-state index in [1.165, 1.54) is 18.5 Å². The molecule has 2 aromatic carbocycles. The molecule has 2 aromatic heterocycles. The second-order valence-corrected chi connectivity index (χ2v) is 6.88. The van der Waals surface area contributed by atoms with Gasteiger partial charge in [0.05, 0.1) is 18.1 Å². The summed E-state index contributed by atoms with van der Waals surface area (Å²) in [5, 5.41) is 10.2. The van der Waals surface area contributed by atoms with Gasteiger partial charge in [-0.05, 0) is 36.8 Å². The van der Waals surface area contributed by atoms with Crippen molar-refractivity contribution in [2.24, 2.45) is 0 Å². The average molecular weight is 388 g/mol. The van der Waals surface area contributed by atoms with Gasteiger partial charge in [0.15, 0.2) is 0 Å². The first-order chi connectivity index (χ1) is 13.0. The van der Waals surface area contributed by atoms with Crippen LogP contribution in [0.5, 0.6) is 0 Å². The number of nitrogens with zero attached hydrogens (tertiary/aromatic N) is 5. The number of halogens is 3. The normalized spacial score (nSPS) is 13.8. The Bertz CT molecular complexity index is 1080. The zero-order valence-electron chi connectivity index (χ0n) is 14.4. The standard InChI is InChI=1S/C19H16ClF2N5/c1-12(27-8-13-6-14(20)2-5-19(13)25-27)17(9-26-11-23-10-24-26)16-4-3-15(21)7-18(16)22/h2-8,10-12,17H,9H2,1H3/t12-,17-/m1/s1. The van der Waals surface area contributed by atoms with E-state index in [4.69, 9.17) is 11.6 Å². The van der Waals surface area contributed by atoms with E-state index >= 15 is 0 Å². The number of hydrogen-bond acceptors (Lipinski definition) is 3. The fraction of sp³-hybridized carbons (Fsp3) is 0.211. The van der Waals surface area contributed by atoms with E-state index in [-0.39, 0.29) is 12.0 Å². The molecule has 4 rings (SSSR count). The van der Waals surface area contributed by atoms with Crippen molar-refractivity contribution in [3.8, 4) is 0 Å². The second kappa shape index (κ2) is 7.08. The third-order valence-corrected chi connectivity index (χ3v) is 4.93. The molecule has 5 nitrogen and oxygen atoms in total. The van der Waals surface area contributed by atoms with Crippen LogP contribution in [0.3, 0.4) is 0 Å². The summed E-state index contributed by atoms with van der Waals surface area (Å²) in [5.41, 5.74) is 1.20. The second-order valence-electron chi connectivity index (χ2n) is 6.44. The SMILES string of the molecule is C[C@H]([C@@H](Cn1cncn1)c1ccc(F)cc1F)n1cc2cc(Cl)ccc2n1. The number of benzene rings is 2. The summed E-state index contributed by atoms with van der Waals surface area (Å²) in [6.45, 7) is 2.32. The minimum absolute atomic E-state index is 0.222. The van der Waals surface area contributed by atoms with Crippen LogP contribution in [0.4, 0.5) is 8.78 Å². The lowest BCUT2D eigenvalue weighted by molar-refractivity contribution is 0.352. The molecule has 0 fully saturated rings. The lowest BCUT2D eigenvalue weighted by atomic mass is 9.91. The van der Waals surface area contributed by atoms with Crippen molar-refractivity contribution in [1.82, 2.24) is 24.5 Å². The van der Waals surface area contributed by atoms with Crippen LogP contribution in [0, 0.1) is 11.6 Å². The van der Waals surface area contributed by atoms with Gasteiger partial charge in [0.25, 0.3) is 0 Å². The predicted octanol–water partition coefficient (Wildman–Crippen LogP) is 4.60. The highest BCUT2D eigenvalue weighted by molar-refractivity contribution is 6.31. The number of aromatic nitrogens is 5. The first-order valence-electron chi connectivity index (χ1n) is 8.43. The van der Waals surface area contributed by atoms with Gasteiger partial charge in [-0.3, -0.25) is 9.36 Å². The molecule has 0 aliphatic rings. The topological polar surface area (TPSA) is 48.5 Å². The Morgan fingerprint density at radius 1 is 1.15 bits per heavy atom. The van der Waals surface area contributed by atoms with Crippen molar-refractivity contribution in [1.29, 1.82) is 0 Å². The van der Waals surface area contributed by atoms with Gasteiger partial charge in [0, 0.05) is 28.6 Å². The minimum atomic E-state index is -0.608. The Balaban J connectivity index is 1.75. The largest absolute Gasteiger partial charge is 0.268 e. The van der Waals surface area contributed by atoms with Gasteiger partial charge in [-0.2, -0.15) is 10.2 Å². The highest BCUT2D eigenvalue weighted by Gasteiger charge is 2.26.